The van der Waals surface area contributed by atoms with E-state index in [1.807, 2.05) is 6.92 Å². The number of likely N-dealkylation sites (tertiary alicyclic amines) is 1. The Labute approximate surface area is 98.0 Å². The van der Waals surface area contributed by atoms with Gasteiger partial charge in [0.1, 0.15) is 0 Å². The van der Waals surface area contributed by atoms with Gasteiger partial charge in [0.05, 0.1) is 0 Å². The summed E-state index contributed by atoms with van der Waals surface area (Å²) in [6.45, 7) is 8.28. The second-order valence-electron chi connectivity index (χ2n) is 4.66. The molecule has 0 radical (unpaired) electrons. The Hall–Kier alpha value is -0.390. The Morgan fingerprint density at radius 2 is 1.88 bits per heavy atom. The minimum atomic E-state index is -3.24. The van der Waals surface area contributed by atoms with E-state index < -0.39 is 10.0 Å². The minimum absolute atomic E-state index is 0.0844. The summed E-state index contributed by atoms with van der Waals surface area (Å²) >= 11 is 0. The molecule has 5 heteroatoms. The van der Waals surface area contributed by atoms with Crippen LogP contribution >= 0.6 is 0 Å². The predicted octanol–water partition coefficient (Wildman–Crippen LogP) is 1.02. The third-order valence-corrected chi connectivity index (χ3v) is 5.39. The van der Waals surface area contributed by atoms with Gasteiger partial charge in [0, 0.05) is 24.0 Å². The van der Waals surface area contributed by atoms with Crippen molar-refractivity contribution in [2.45, 2.75) is 38.3 Å². The van der Waals surface area contributed by atoms with Gasteiger partial charge in [-0.2, -0.15) is 4.31 Å². The molecule has 2 atom stereocenters. The van der Waals surface area contributed by atoms with Crippen molar-refractivity contribution in [3.05, 3.63) is 12.0 Å². The van der Waals surface area contributed by atoms with Gasteiger partial charge in [-0.3, -0.25) is 4.90 Å². The Balaban J connectivity index is 2.09. The average molecular weight is 244 g/mol. The van der Waals surface area contributed by atoms with Crippen molar-refractivity contribution >= 4 is 10.0 Å². The van der Waals surface area contributed by atoms with Crippen LogP contribution in [0.3, 0.4) is 0 Å². The van der Waals surface area contributed by atoms with E-state index in [1.165, 1.54) is 12.8 Å². The van der Waals surface area contributed by atoms with Gasteiger partial charge in [-0.15, -0.1) is 0 Å². The van der Waals surface area contributed by atoms with Crippen molar-refractivity contribution < 1.29 is 8.42 Å². The topological polar surface area (TPSA) is 40.6 Å². The third-order valence-electron chi connectivity index (χ3n) is 3.80. The highest BCUT2D eigenvalue weighted by molar-refractivity contribution is 7.92. The fourth-order valence-corrected chi connectivity index (χ4v) is 4.07. The average Bonchev–Trinajstić information content (AvgIpc) is 2.86. The van der Waals surface area contributed by atoms with E-state index in [0.717, 1.165) is 24.9 Å². The molecular weight excluding hydrogens is 224 g/mol. The molecule has 16 heavy (non-hydrogen) atoms. The lowest BCUT2D eigenvalue weighted by molar-refractivity contribution is 0.211. The standard InChI is InChI=1S/C11H20N2O2S/c1-3-16(14,15)13-9-6-11(10(13)2)12-7-4-5-8-12/h3,10-11H,1,4-9H2,2H3. The Morgan fingerprint density at radius 1 is 1.25 bits per heavy atom. The van der Waals surface area contributed by atoms with Crippen molar-refractivity contribution in [2.24, 2.45) is 0 Å². The number of hydrogen-bond acceptors (Lipinski definition) is 3. The molecule has 4 nitrogen and oxygen atoms in total. The van der Waals surface area contributed by atoms with Crippen molar-refractivity contribution in [1.29, 1.82) is 0 Å². The van der Waals surface area contributed by atoms with E-state index in [2.05, 4.69) is 11.5 Å². The molecule has 2 aliphatic heterocycles. The van der Waals surface area contributed by atoms with Gasteiger partial charge in [-0.05, 0) is 39.3 Å². The Bertz CT molecular complexity index is 360. The van der Waals surface area contributed by atoms with Crippen molar-refractivity contribution in [3.63, 3.8) is 0 Å². The lowest BCUT2D eigenvalue weighted by atomic mass is 10.1. The summed E-state index contributed by atoms with van der Waals surface area (Å²) < 4.78 is 25.1. The molecule has 2 fully saturated rings. The highest BCUT2D eigenvalue weighted by Crippen LogP contribution is 2.28. The van der Waals surface area contributed by atoms with Gasteiger partial charge in [0.2, 0.25) is 10.0 Å². The first-order chi connectivity index (χ1) is 7.56. The molecule has 0 aromatic rings. The van der Waals surface area contributed by atoms with Crippen LogP contribution in [0.2, 0.25) is 0 Å². The largest absolute Gasteiger partial charge is 0.299 e. The predicted molar refractivity (Wildman–Crippen MR) is 64.5 cm³/mol. The van der Waals surface area contributed by atoms with Crippen LogP contribution in [0.1, 0.15) is 26.2 Å². The van der Waals surface area contributed by atoms with Crippen LogP contribution in [0.5, 0.6) is 0 Å². The molecule has 0 N–H and O–H groups in total. The highest BCUT2D eigenvalue weighted by Gasteiger charge is 2.40. The van der Waals surface area contributed by atoms with E-state index in [-0.39, 0.29) is 6.04 Å². The Kier molecular flexibility index (Phi) is 3.37. The summed E-state index contributed by atoms with van der Waals surface area (Å²) in [6, 6.07) is 0.485. The maximum absolute atomic E-state index is 11.8. The second-order valence-corrected chi connectivity index (χ2v) is 6.49. The molecule has 2 unspecified atom stereocenters. The van der Waals surface area contributed by atoms with Gasteiger partial charge in [-0.1, -0.05) is 6.58 Å². The molecule has 0 aliphatic carbocycles. The van der Waals surface area contributed by atoms with Crippen LogP contribution < -0.4 is 0 Å². The SMILES string of the molecule is C=CS(=O)(=O)N1CCC(N2CCCC2)C1C. The fourth-order valence-electron chi connectivity index (χ4n) is 2.91. The van der Waals surface area contributed by atoms with Gasteiger partial charge >= 0.3 is 0 Å². The van der Waals surface area contributed by atoms with Crippen LogP contribution in [-0.2, 0) is 10.0 Å². The van der Waals surface area contributed by atoms with Gasteiger partial charge in [0.25, 0.3) is 0 Å². The zero-order chi connectivity index (χ0) is 11.8. The molecule has 2 saturated heterocycles. The number of hydrogen-bond donors (Lipinski definition) is 0. The molecule has 92 valence electrons. The molecule has 0 spiro atoms. The lowest BCUT2D eigenvalue weighted by Gasteiger charge is -2.29. The molecule has 0 bridgehead atoms. The molecule has 0 aromatic carbocycles. The van der Waals surface area contributed by atoms with Crippen LogP contribution in [-0.4, -0.2) is 49.3 Å². The first-order valence-corrected chi connectivity index (χ1v) is 7.45. The maximum atomic E-state index is 11.8. The molecule has 0 saturated carbocycles. The monoisotopic (exact) mass is 244 g/mol. The molecule has 2 rings (SSSR count). The van der Waals surface area contributed by atoms with Crippen LogP contribution in [0.25, 0.3) is 0 Å². The van der Waals surface area contributed by atoms with Crippen molar-refractivity contribution in [3.8, 4) is 0 Å². The lowest BCUT2D eigenvalue weighted by Crippen LogP contribution is -2.43. The van der Waals surface area contributed by atoms with E-state index in [0.29, 0.717) is 12.6 Å². The van der Waals surface area contributed by atoms with Crippen molar-refractivity contribution in [2.75, 3.05) is 19.6 Å². The van der Waals surface area contributed by atoms with E-state index in [1.54, 1.807) is 4.31 Å². The highest BCUT2D eigenvalue weighted by atomic mass is 32.2. The first-order valence-electron chi connectivity index (χ1n) is 5.94. The molecular formula is C11H20N2O2S. The zero-order valence-corrected chi connectivity index (χ0v) is 10.6. The summed E-state index contributed by atoms with van der Waals surface area (Å²) in [5, 5.41) is 1.07. The molecule has 2 heterocycles. The molecule has 0 aromatic heterocycles. The third kappa shape index (κ3) is 2.04. The van der Waals surface area contributed by atoms with Crippen LogP contribution in [0.15, 0.2) is 12.0 Å². The quantitative estimate of drug-likeness (QED) is 0.744. The van der Waals surface area contributed by atoms with Crippen LogP contribution in [0.4, 0.5) is 0 Å². The normalized spacial score (nSPS) is 33.3. The summed E-state index contributed by atoms with van der Waals surface area (Å²) in [7, 11) is -3.24. The number of rotatable bonds is 3. The summed E-state index contributed by atoms with van der Waals surface area (Å²) in [4.78, 5) is 2.43. The summed E-state index contributed by atoms with van der Waals surface area (Å²) in [5.41, 5.74) is 0. The second kappa shape index (κ2) is 4.47. The van der Waals surface area contributed by atoms with Crippen LogP contribution in [0, 0.1) is 0 Å². The molecule has 2 aliphatic rings. The van der Waals surface area contributed by atoms with Gasteiger partial charge in [0.15, 0.2) is 0 Å². The number of nitrogens with zero attached hydrogens (tertiary/aromatic N) is 2. The summed E-state index contributed by atoms with van der Waals surface area (Å²) in [5.74, 6) is 0. The minimum Gasteiger partial charge on any atom is -0.299 e. The van der Waals surface area contributed by atoms with E-state index in [9.17, 15) is 8.42 Å². The Morgan fingerprint density at radius 3 is 2.44 bits per heavy atom. The van der Waals surface area contributed by atoms with Gasteiger partial charge in [-0.25, -0.2) is 8.42 Å². The fraction of sp³-hybridized carbons (Fsp3) is 0.818. The summed E-state index contributed by atoms with van der Waals surface area (Å²) in [6.07, 6.45) is 3.45. The smallest absolute Gasteiger partial charge is 0.235 e. The zero-order valence-electron chi connectivity index (χ0n) is 9.80. The maximum Gasteiger partial charge on any atom is 0.235 e. The molecule has 0 amide bonds. The first kappa shape index (κ1) is 12.1. The van der Waals surface area contributed by atoms with E-state index in [4.69, 9.17) is 0 Å². The van der Waals surface area contributed by atoms with E-state index >= 15 is 0 Å². The van der Waals surface area contributed by atoms with Crippen molar-refractivity contribution in [1.82, 2.24) is 9.21 Å². The number of sulfonamides is 1. The van der Waals surface area contributed by atoms with Gasteiger partial charge < -0.3 is 0 Å².